The van der Waals surface area contributed by atoms with Crippen molar-refractivity contribution < 1.29 is 4.79 Å². The van der Waals surface area contributed by atoms with Crippen LogP contribution in [0.4, 0.5) is 0 Å². The number of carbonyl (C=O) groups is 1. The maximum atomic E-state index is 11.6. The molecule has 0 aromatic carbocycles. The first-order valence-electron chi connectivity index (χ1n) is 3.85. The van der Waals surface area contributed by atoms with Crippen molar-refractivity contribution in [3.05, 3.63) is 0 Å². The molecule has 0 aromatic heterocycles. The normalized spacial score (nSPS) is 32.2. The van der Waals surface area contributed by atoms with Crippen LogP contribution in [0.1, 0.15) is 6.42 Å². The van der Waals surface area contributed by atoms with Gasteiger partial charge in [-0.05, 0) is 6.42 Å². The highest BCUT2D eigenvalue weighted by atomic mass is 35.5. The molecule has 1 amide bonds. The third-order valence-corrected chi connectivity index (χ3v) is 3.99. The number of halogens is 2. The van der Waals surface area contributed by atoms with Crippen molar-refractivity contribution in [3.8, 4) is 0 Å². The van der Waals surface area contributed by atoms with Gasteiger partial charge in [0.1, 0.15) is 4.33 Å². The molecular formula is C7H9Cl2NOS. The lowest BCUT2D eigenvalue weighted by Crippen LogP contribution is -2.30. The Kier molecular flexibility index (Phi) is 2.22. The molecule has 1 aliphatic carbocycles. The summed E-state index contributed by atoms with van der Waals surface area (Å²) in [4.78, 5) is 13.4. The van der Waals surface area contributed by atoms with E-state index in [-0.39, 0.29) is 11.8 Å². The highest BCUT2D eigenvalue weighted by molar-refractivity contribution is 7.99. The molecule has 0 N–H and O–H groups in total. The molecule has 2 aliphatic rings. The van der Waals surface area contributed by atoms with Crippen molar-refractivity contribution in [3.63, 3.8) is 0 Å². The molecule has 0 aromatic rings. The molecular weight excluding hydrogens is 217 g/mol. The summed E-state index contributed by atoms with van der Waals surface area (Å²) in [5.74, 6) is 1.83. The second-order valence-electron chi connectivity index (χ2n) is 3.16. The first kappa shape index (κ1) is 8.97. The molecule has 12 heavy (non-hydrogen) atoms. The van der Waals surface area contributed by atoms with E-state index in [2.05, 4.69) is 0 Å². The second-order valence-corrected chi connectivity index (χ2v) is 5.77. The van der Waals surface area contributed by atoms with E-state index in [1.165, 1.54) is 0 Å². The lowest BCUT2D eigenvalue weighted by atomic mass is 10.3. The molecule has 1 saturated carbocycles. The van der Waals surface area contributed by atoms with Gasteiger partial charge < -0.3 is 4.90 Å². The molecule has 5 heteroatoms. The number of nitrogens with zero attached hydrogens (tertiary/aromatic N) is 1. The van der Waals surface area contributed by atoms with Crippen LogP contribution in [-0.4, -0.2) is 33.3 Å². The molecule has 1 saturated heterocycles. The molecule has 1 unspecified atom stereocenters. The summed E-state index contributed by atoms with van der Waals surface area (Å²) in [5.41, 5.74) is 0. The summed E-state index contributed by atoms with van der Waals surface area (Å²) in [6, 6.07) is 0. The van der Waals surface area contributed by atoms with Gasteiger partial charge in [0.25, 0.3) is 0 Å². The van der Waals surface area contributed by atoms with Gasteiger partial charge in [-0.2, -0.15) is 0 Å². The number of rotatable bonds is 1. The highest BCUT2D eigenvalue weighted by Gasteiger charge is 2.57. The largest absolute Gasteiger partial charge is 0.332 e. The Balaban J connectivity index is 1.93. The Bertz CT molecular complexity index is 209. The van der Waals surface area contributed by atoms with Gasteiger partial charge in [-0.25, -0.2) is 0 Å². The van der Waals surface area contributed by atoms with Gasteiger partial charge in [-0.15, -0.1) is 35.0 Å². The van der Waals surface area contributed by atoms with E-state index in [0.29, 0.717) is 6.42 Å². The quantitative estimate of drug-likeness (QED) is 0.634. The van der Waals surface area contributed by atoms with Gasteiger partial charge in [-0.1, -0.05) is 0 Å². The zero-order valence-corrected chi connectivity index (χ0v) is 8.75. The van der Waals surface area contributed by atoms with Crippen molar-refractivity contribution in [2.24, 2.45) is 5.92 Å². The Hall–Kier alpha value is 0.400. The first-order valence-corrected chi connectivity index (χ1v) is 5.77. The molecule has 0 bridgehead atoms. The number of carbonyl (C=O) groups excluding carboxylic acids is 1. The smallest absolute Gasteiger partial charge is 0.229 e. The molecule has 1 heterocycles. The fourth-order valence-corrected chi connectivity index (χ4v) is 2.74. The maximum absolute atomic E-state index is 11.6. The van der Waals surface area contributed by atoms with Crippen molar-refractivity contribution in [1.82, 2.24) is 4.90 Å². The third kappa shape index (κ3) is 1.54. The van der Waals surface area contributed by atoms with Gasteiger partial charge in [0.2, 0.25) is 5.91 Å². The van der Waals surface area contributed by atoms with E-state index in [4.69, 9.17) is 23.2 Å². The van der Waals surface area contributed by atoms with Gasteiger partial charge in [0, 0.05) is 12.3 Å². The monoisotopic (exact) mass is 225 g/mol. The van der Waals surface area contributed by atoms with Crippen LogP contribution in [0, 0.1) is 5.92 Å². The maximum Gasteiger partial charge on any atom is 0.229 e. The molecule has 2 rings (SSSR count). The van der Waals surface area contributed by atoms with Crippen LogP contribution >= 0.6 is 35.0 Å². The number of amides is 1. The minimum atomic E-state index is -0.760. The summed E-state index contributed by atoms with van der Waals surface area (Å²) in [6.45, 7) is 0.851. The number of hydrogen-bond acceptors (Lipinski definition) is 2. The summed E-state index contributed by atoms with van der Waals surface area (Å²) in [7, 11) is 0. The van der Waals surface area contributed by atoms with Crippen LogP contribution in [0.2, 0.25) is 0 Å². The molecule has 0 spiro atoms. The Morgan fingerprint density at radius 1 is 1.58 bits per heavy atom. The summed E-state index contributed by atoms with van der Waals surface area (Å²) in [5, 5.41) is 0. The molecule has 68 valence electrons. The first-order chi connectivity index (χ1) is 5.61. The van der Waals surface area contributed by atoms with Gasteiger partial charge in [-0.3, -0.25) is 4.79 Å². The van der Waals surface area contributed by atoms with E-state index in [1.54, 1.807) is 11.8 Å². The van der Waals surface area contributed by atoms with E-state index in [9.17, 15) is 4.79 Å². The Morgan fingerprint density at radius 2 is 2.25 bits per heavy atom. The molecule has 1 atom stereocenters. The topological polar surface area (TPSA) is 20.3 Å². The highest BCUT2D eigenvalue weighted by Crippen LogP contribution is 2.54. The molecule has 0 radical (unpaired) electrons. The average Bonchev–Trinajstić information content (AvgIpc) is 2.56. The fraction of sp³-hybridized carbons (Fsp3) is 0.857. The van der Waals surface area contributed by atoms with E-state index < -0.39 is 4.33 Å². The zero-order valence-electron chi connectivity index (χ0n) is 6.43. The number of thioether (sulfide) groups is 1. The lowest BCUT2D eigenvalue weighted by Gasteiger charge is -2.13. The molecule has 2 fully saturated rings. The zero-order chi connectivity index (χ0) is 8.77. The fourth-order valence-electron chi connectivity index (χ4n) is 1.29. The Morgan fingerprint density at radius 3 is 2.67 bits per heavy atom. The summed E-state index contributed by atoms with van der Waals surface area (Å²) >= 11 is 13.4. The van der Waals surface area contributed by atoms with Crippen molar-refractivity contribution >= 4 is 40.9 Å². The van der Waals surface area contributed by atoms with Crippen LogP contribution in [0.5, 0.6) is 0 Å². The second kappa shape index (κ2) is 2.96. The number of hydrogen-bond donors (Lipinski definition) is 0. The van der Waals surface area contributed by atoms with Crippen LogP contribution in [-0.2, 0) is 4.79 Å². The predicted octanol–water partition coefficient (Wildman–Crippen LogP) is 1.71. The molecule has 2 nitrogen and oxygen atoms in total. The minimum Gasteiger partial charge on any atom is -0.332 e. The van der Waals surface area contributed by atoms with Crippen molar-refractivity contribution in [2.75, 3.05) is 18.2 Å². The van der Waals surface area contributed by atoms with Gasteiger partial charge >= 0.3 is 0 Å². The van der Waals surface area contributed by atoms with E-state index in [1.807, 2.05) is 4.90 Å². The lowest BCUT2D eigenvalue weighted by molar-refractivity contribution is -0.131. The Labute approximate surface area is 85.6 Å². The van der Waals surface area contributed by atoms with Gasteiger partial charge in [0.15, 0.2) is 0 Å². The predicted molar refractivity (Wildman–Crippen MR) is 51.6 cm³/mol. The third-order valence-electron chi connectivity index (χ3n) is 2.19. The van der Waals surface area contributed by atoms with Crippen LogP contribution in [0.3, 0.4) is 0 Å². The van der Waals surface area contributed by atoms with Crippen LogP contribution < -0.4 is 0 Å². The van der Waals surface area contributed by atoms with Crippen molar-refractivity contribution in [2.45, 2.75) is 10.8 Å². The summed E-state index contributed by atoms with van der Waals surface area (Å²) < 4.78 is -0.760. The van der Waals surface area contributed by atoms with Crippen LogP contribution in [0.25, 0.3) is 0 Å². The van der Waals surface area contributed by atoms with Crippen LogP contribution in [0.15, 0.2) is 0 Å². The SMILES string of the molecule is O=C(C1CC1(Cl)Cl)N1CCSC1. The van der Waals surface area contributed by atoms with E-state index in [0.717, 1.165) is 18.2 Å². The van der Waals surface area contributed by atoms with E-state index >= 15 is 0 Å². The van der Waals surface area contributed by atoms with Gasteiger partial charge in [0.05, 0.1) is 11.8 Å². The standard InChI is InChI=1S/C7H9Cl2NOS/c8-7(9)3-5(7)6(11)10-1-2-12-4-10/h5H,1-4H2. The van der Waals surface area contributed by atoms with Crippen molar-refractivity contribution in [1.29, 1.82) is 0 Å². The average molecular weight is 226 g/mol. The summed E-state index contributed by atoms with van der Waals surface area (Å²) in [6.07, 6.45) is 0.621. The minimum absolute atomic E-state index is 0.130. The molecule has 1 aliphatic heterocycles. The number of alkyl halides is 2.